The number of ether oxygens (including phenoxy) is 1. The molecule has 0 saturated heterocycles. The second kappa shape index (κ2) is 4.85. The van der Waals surface area contributed by atoms with Crippen LogP contribution in [0.3, 0.4) is 0 Å². The summed E-state index contributed by atoms with van der Waals surface area (Å²) in [5.41, 5.74) is 0.757. The van der Waals surface area contributed by atoms with Gasteiger partial charge in [-0.2, -0.15) is 0 Å². The Kier molecular flexibility index (Phi) is 3.22. The smallest absolute Gasteiger partial charge is 0.259 e. The van der Waals surface area contributed by atoms with Crippen molar-refractivity contribution in [3.8, 4) is 5.88 Å². The van der Waals surface area contributed by atoms with Crippen LogP contribution in [0, 0.1) is 0 Å². The standard InChI is InChI=1S/C12H15BrN4O/c1-16(9-2-3-9)6-7-18-12-11-14-4-5-17(11)8-10(13)15-12/h4-5,8-9H,2-3,6-7H2,1H3. The van der Waals surface area contributed by atoms with Crippen LogP contribution in [0.5, 0.6) is 5.88 Å². The molecule has 0 aromatic carbocycles. The molecule has 6 heteroatoms. The fourth-order valence-corrected chi connectivity index (χ4v) is 2.34. The molecule has 0 N–H and O–H groups in total. The van der Waals surface area contributed by atoms with Crippen LogP contribution < -0.4 is 4.74 Å². The molecule has 0 unspecified atom stereocenters. The predicted octanol–water partition coefficient (Wildman–Crippen LogP) is 1.96. The second-order valence-electron chi connectivity index (χ2n) is 4.59. The van der Waals surface area contributed by atoms with Crippen molar-refractivity contribution in [2.45, 2.75) is 18.9 Å². The third-order valence-electron chi connectivity index (χ3n) is 3.17. The Morgan fingerprint density at radius 1 is 1.56 bits per heavy atom. The Hall–Kier alpha value is -1.14. The number of hydrogen-bond acceptors (Lipinski definition) is 4. The van der Waals surface area contributed by atoms with E-state index in [0.29, 0.717) is 12.5 Å². The summed E-state index contributed by atoms with van der Waals surface area (Å²) in [6, 6.07) is 0.760. The summed E-state index contributed by atoms with van der Waals surface area (Å²) in [7, 11) is 2.14. The average molecular weight is 311 g/mol. The molecule has 2 aromatic heterocycles. The Balaban J connectivity index is 1.67. The molecule has 96 valence electrons. The Labute approximate surface area is 114 Å². The van der Waals surface area contributed by atoms with E-state index < -0.39 is 0 Å². The fraction of sp³-hybridized carbons (Fsp3) is 0.500. The highest BCUT2D eigenvalue weighted by molar-refractivity contribution is 9.10. The molecule has 3 rings (SSSR count). The van der Waals surface area contributed by atoms with E-state index in [1.807, 2.05) is 16.8 Å². The SMILES string of the molecule is CN(CCOc1nc(Br)cn2ccnc12)C1CC1. The van der Waals surface area contributed by atoms with Crippen molar-refractivity contribution in [3.63, 3.8) is 0 Å². The van der Waals surface area contributed by atoms with Crippen molar-refractivity contribution < 1.29 is 4.74 Å². The lowest BCUT2D eigenvalue weighted by Gasteiger charge is -2.15. The van der Waals surface area contributed by atoms with E-state index in [1.165, 1.54) is 12.8 Å². The minimum absolute atomic E-state index is 0.582. The number of hydrogen-bond donors (Lipinski definition) is 0. The number of rotatable bonds is 5. The van der Waals surface area contributed by atoms with Gasteiger partial charge in [-0.25, -0.2) is 9.97 Å². The zero-order chi connectivity index (χ0) is 12.5. The first-order valence-electron chi connectivity index (χ1n) is 6.06. The van der Waals surface area contributed by atoms with Crippen LogP contribution in [-0.4, -0.2) is 45.5 Å². The molecule has 1 aliphatic rings. The molecule has 18 heavy (non-hydrogen) atoms. The monoisotopic (exact) mass is 310 g/mol. The molecule has 1 saturated carbocycles. The molecule has 0 spiro atoms. The van der Waals surface area contributed by atoms with Gasteiger partial charge in [0.15, 0.2) is 0 Å². The predicted molar refractivity (Wildman–Crippen MR) is 71.8 cm³/mol. The minimum atomic E-state index is 0.582. The first kappa shape index (κ1) is 11.9. The van der Waals surface area contributed by atoms with E-state index in [4.69, 9.17) is 4.74 Å². The van der Waals surface area contributed by atoms with Crippen LogP contribution in [0.1, 0.15) is 12.8 Å². The summed E-state index contributed by atoms with van der Waals surface area (Å²) < 4.78 is 8.39. The van der Waals surface area contributed by atoms with Crippen LogP contribution in [0.4, 0.5) is 0 Å². The van der Waals surface area contributed by atoms with Gasteiger partial charge in [-0.15, -0.1) is 0 Å². The Morgan fingerprint density at radius 2 is 2.39 bits per heavy atom. The molecular weight excluding hydrogens is 296 g/mol. The van der Waals surface area contributed by atoms with Gasteiger partial charge in [-0.1, -0.05) is 0 Å². The van der Waals surface area contributed by atoms with E-state index in [9.17, 15) is 0 Å². The minimum Gasteiger partial charge on any atom is -0.474 e. The molecule has 5 nitrogen and oxygen atoms in total. The van der Waals surface area contributed by atoms with E-state index in [2.05, 4.69) is 37.8 Å². The van der Waals surface area contributed by atoms with Crippen molar-refractivity contribution in [1.29, 1.82) is 0 Å². The zero-order valence-corrected chi connectivity index (χ0v) is 11.8. The first-order chi connectivity index (χ1) is 8.74. The maximum atomic E-state index is 5.74. The van der Waals surface area contributed by atoms with Crippen molar-refractivity contribution in [3.05, 3.63) is 23.2 Å². The lowest BCUT2D eigenvalue weighted by molar-refractivity contribution is 0.227. The third-order valence-corrected chi connectivity index (χ3v) is 3.55. The van der Waals surface area contributed by atoms with Crippen LogP contribution in [0.25, 0.3) is 5.65 Å². The molecule has 0 bridgehead atoms. The van der Waals surface area contributed by atoms with E-state index in [0.717, 1.165) is 22.8 Å². The van der Waals surface area contributed by atoms with Crippen LogP contribution in [-0.2, 0) is 0 Å². The van der Waals surface area contributed by atoms with Crippen LogP contribution >= 0.6 is 15.9 Å². The maximum Gasteiger partial charge on any atom is 0.259 e. The highest BCUT2D eigenvalue weighted by Crippen LogP contribution is 2.25. The van der Waals surface area contributed by atoms with E-state index in [-0.39, 0.29) is 0 Å². The summed E-state index contributed by atoms with van der Waals surface area (Å²) in [6.07, 6.45) is 8.12. The molecule has 0 radical (unpaired) electrons. The van der Waals surface area contributed by atoms with Gasteiger partial charge in [0.25, 0.3) is 5.88 Å². The Morgan fingerprint density at radius 3 is 3.17 bits per heavy atom. The zero-order valence-electron chi connectivity index (χ0n) is 10.2. The highest BCUT2D eigenvalue weighted by Gasteiger charge is 2.25. The van der Waals surface area contributed by atoms with Gasteiger partial charge in [0, 0.05) is 31.2 Å². The van der Waals surface area contributed by atoms with Crippen LogP contribution in [0.15, 0.2) is 23.2 Å². The van der Waals surface area contributed by atoms with E-state index in [1.54, 1.807) is 6.20 Å². The number of imidazole rings is 1. The van der Waals surface area contributed by atoms with Gasteiger partial charge in [-0.3, -0.25) is 4.40 Å². The summed E-state index contributed by atoms with van der Waals surface area (Å²) in [5.74, 6) is 0.582. The molecular formula is C12H15BrN4O. The van der Waals surface area contributed by atoms with Gasteiger partial charge < -0.3 is 9.64 Å². The van der Waals surface area contributed by atoms with Gasteiger partial charge in [0.2, 0.25) is 5.65 Å². The van der Waals surface area contributed by atoms with Crippen molar-refractivity contribution >= 4 is 21.6 Å². The summed E-state index contributed by atoms with van der Waals surface area (Å²) in [4.78, 5) is 10.9. The summed E-state index contributed by atoms with van der Waals surface area (Å²) in [5, 5.41) is 0. The molecule has 0 atom stereocenters. The van der Waals surface area contributed by atoms with Crippen molar-refractivity contribution in [2.24, 2.45) is 0 Å². The number of nitrogens with zero attached hydrogens (tertiary/aromatic N) is 4. The largest absolute Gasteiger partial charge is 0.474 e. The van der Waals surface area contributed by atoms with Crippen LogP contribution in [0.2, 0.25) is 0 Å². The van der Waals surface area contributed by atoms with Gasteiger partial charge in [0.05, 0.1) is 0 Å². The normalized spacial score (nSPS) is 15.5. The molecule has 2 aromatic rings. The molecule has 1 aliphatic carbocycles. The molecule has 0 aliphatic heterocycles. The maximum absolute atomic E-state index is 5.74. The topological polar surface area (TPSA) is 42.7 Å². The molecule has 0 amide bonds. The number of likely N-dealkylation sites (N-methyl/N-ethyl adjacent to an activating group) is 1. The lowest BCUT2D eigenvalue weighted by Crippen LogP contribution is -2.26. The average Bonchev–Trinajstić information content (AvgIpc) is 3.08. The lowest BCUT2D eigenvalue weighted by atomic mass is 10.5. The quantitative estimate of drug-likeness (QED) is 0.847. The molecule has 2 heterocycles. The number of fused-ring (bicyclic) bond motifs is 1. The number of halogens is 1. The van der Waals surface area contributed by atoms with Crippen molar-refractivity contribution in [1.82, 2.24) is 19.3 Å². The second-order valence-corrected chi connectivity index (χ2v) is 5.40. The van der Waals surface area contributed by atoms with Gasteiger partial charge in [0.1, 0.15) is 11.2 Å². The number of aromatic nitrogens is 3. The Bertz CT molecular complexity index is 552. The first-order valence-corrected chi connectivity index (χ1v) is 6.85. The summed E-state index contributed by atoms with van der Waals surface area (Å²) >= 11 is 3.37. The highest BCUT2D eigenvalue weighted by atomic mass is 79.9. The third kappa shape index (κ3) is 2.49. The fourth-order valence-electron chi connectivity index (χ4n) is 1.95. The van der Waals surface area contributed by atoms with E-state index >= 15 is 0 Å². The van der Waals surface area contributed by atoms with Crippen molar-refractivity contribution in [2.75, 3.05) is 20.2 Å². The molecule has 1 fully saturated rings. The summed E-state index contributed by atoms with van der Waals surface area (Å²) in [6.45, 7) is 1.56. The van der Waals surface area contributed by atoms with Gasteiger partial charge in [-0.05, 0) is 35.8 Å². The van der Waals surface area contributed by atoms with Gasteiger partial charge >= 0.3 is 0 Å².